The van der Waals surface area contributed by atoms with Crippen LogP contribution in [0.3, 0.4) is 0 Å². The van der Waals surface area contributed by atoms with Gasteiger partial charge in [0.05, 0.1) is 7.11 Å². The number of amides is 1. The fourth-order valence-corrected chi connectivity index (χ4v) is 2.96. The molecule has 25 heavy (non-hydrogen) atoms. The molecule has 1 aliphatic rings. The molecule has 0 fully saturated rings. The summed E-state index contributed by atoms with van der Waals surface area (Å²) in [5.41, 5.74) is 3.20. The maximum Gasteiger partial charge on any atom is 0.311 e. The van der Waals surface area contributed by atoms with E-state index in [-0.39, 0.29) is 11.8 Å². The predicted octanol–water partition coefficient (Wildman–Crippen LogP) is 2.94. The molecule has 0 spiro atoms. The number of methoxy groups -OCH3 is 1. The fraction of sp³-hybridized carbons (Fsp3) is 0.211. The zero-order valence-corrected chi connectivity index (χ0v) is 13.8. The van der Waals surface area contributed by atoms with Crippen LogP contribution in [0.4, 0.5) is 0 Å². The first-order valence-corrected chi connectivity index (χ1v) is 8.08. The lowest BCUT2D eigenvalue weighted by Crippen LogP contribution is -2.36. The molecule has 0 saturated heterocycles. The van der Waals surface area contributed by atoms with E-state index >= 15 is 0 Å². The van der Waals surface area contributed by atoms with Crippen LogP contribution in [0.15, 0.2) is 52.9 Å². The highest BCUT2D eigenvalue weighted by molar-refractivity contribution is 5.90. The molecule has 3 aromatic rings. The minimum atomic E-state index is -0.234. The molecule has 0 aliphatic carbocycles. The van der Waals surface area contributed by atoms with Crippen molar-refractivity contribution in [3.8, 4) is 17.2 Å². The van der Waals surface area contributed by atoms with Gasteiger partial charge in [-0.2, -0.15) is 0 Å². The normalized spacial score (nSPS) is 13.4. The van der Waals surface area contributed by atoms with Crippen LogP contribution >= 0.6 is 0 Å². The van der Waals surface area contributed by atoms with Gasteiger partial charge in [-0.15, -0.1) is 10.2 Å². The van der Waals surface area contributed by atoms with Gasteiger partial charge in [-0.05, 0) is 41.8 Å². The largest absolute Gasteiger partial charge is 0.497 e. The van der Waals surface area contributed by atoms with Gasteiger partial charge in [-0.3, -0.25) is 4.79 Å². The molecule has 0 unspecified atom stereocenters. The Morgan fingerprint density at radius 1 is 1.08 bits per heavy atom. The molecule has 0 radical (unpaired) electrons. The highest BCUT2D eigenvalue weighted by Crippen LogP contribution is 2.23. The number of hydrogen-bond acceptors (Lipinski definition) is 5. The van der Waals surface area contributed by atoms with E-state index in [1.165, 1.54) is 5.56 Å². The molecule has 2 aromatic carbocycles. The van der Waals surface area contributed by atoms with Crippen molar-refractivity contribution in [1.29, 1.82) is 0 Å². The van der Waals surface area contributed by atoms with E-state index in [9.17, 15) is 4.79 Å². The Kier molecular flexibility index (Phi) is 3.93. The lowest BCUT2D eigenvalue weighted by Gasteiger charge is -2.27. The fourth-order valence-electron chi connectivity index (χ4n) is 2.96. The number of benzene rings is 2. The first kappa shape index (κ1) is 15.4. The summed E-state index contributed by atoms with van der Waals surface area (Å²) in [6.45, 7) is 1.21. The number of fused-ring (bicyclic) bond motifs is 1. The molecule has 126 valence electrons. The van der Waals surface area contributed by atoms with Gasteiger partial charge in [0.15, 0.2) is 0 Å². The van der Waals surface area contributed by atoms with Crippen LogP contribution in [-0.4, -0.2) is 34.7 Å². The summed E-state index contributed by atoms with van der Waals surface area (Å²) >= 11 is 0. The zero-order chi connectivity index (χ0) is 17.2. The summed E-state index contributed by atoms with van der Waals surface area (Å²) < 4.78 is 10.7. The minimum Gasteiger partial charge on any atom is -0.497 e. The molecule has 0 saturated carbocycles. The standard InChI is InChI=1S/C19H17N3O3/c1-24-16-8-6-14(7-9-16)17-20-21-18(25-17)19(23)22-11-10-13-4-2-3-5-15(13)12-22/h2-9H,10-12H2,1H3. The molecule has 1 aromatic heterocycles. The second kappa shape index (κ2) is 6.39. The molecular formula is C19H17N3O3. The Balaban J connectivity index is 1.53. The highest BCUT2D eigenvalue weighted by Gasteiger charge is 2.25. The van der Waals surface area contributed by atoms with Gasteiger partial charge >= 0.3 is 11.8 Å². The molecule has 2 heterocycles. The number of carbonyl (C=O) groups is 1. The molecule has 0 atom stereocenters. The third-order valence-electron chi connectivity index (χ3n) is 4.36. The second-order valence-corrected chi connectivity index (χ2v) is 5.89. The molecule has 6 heteroatoms. The predicted molar refractivity (Wildman–Crippen MR) is 91.2 cm³/mol. The summed E-state index contributed by atoms with van der Waals surface area (Å²) in [6, 6.07) is 15.4. The summed E-state index contributed by atoms with van der Waals surface area (Å²) in [5, 5.41) is 7.92. The van der Waals surface area contributed by atoms with Crippen LogP contribution in [-0.2, 0) is 13.0 Å². The number of aromatic nitrogens is 2. The van der Waals surface area contributed by atoms with Gasteiger partial charge < -0.3 is 14.1 Å². The Labute approximate surface area is 145 Å². The monoisotopic (exact) mass is 335 g/mol. The lowest BCUT2D eigenvalue weighted by atomic mass is 10.00. The number of carbonyl (C=O) groups excluding carboxylic acids is 1. The first-order chi connectivity index (χ1) is 12.2. The number of hydrogen-bond donors (Lipinski definition) is 0. The maximum absolute atomic E-state index is 12.7. The Bertz CT molecular complexity index is 902. The van der Waals surface area contributed by atoms with E-state index < -0.39 is 0 Å². The van der Waals surface area contributed by atoms with Crippen LogP contribution in [0.1, 0.15) is 21.8 Å². The zero-order valence-electron chi connectivity index (χ0n) is 13.8. The van der Waals surface area contributed by atoms with E-state index in [0.29, 0.717) is 19.0 Å². The van der Waals surface area contributed by atoms with Crippen molar-refractivity contribution in [2.75, 3.05) is 13.7 Å². The van der Waals surface area contributed by atoms with Crippen molar-refractivity contribution >= 4 is 5.91 Å². The van der Waals surface area contributed by atoms with Gasteiger partial charge in [0.1, 0.15) is 5.75 Å². The quantitative estimate of drug-likeness (QED) is 0.736. The van der Waals surface area contributed by atoms with Crippen LogP contribution in [0, 0.1) is 0 Å². The van der Waals surface area contributed by atoms with E-state index in [4.69, 9.17) is 9.15 Å². The van der Waals surface area contributed by atoms with Crippen molar-refractivity contribution in [2.45, 2.75) is 13.0 Å². The van der Waals surface area contributed by atoms with Crippen LogP contribution in [0.25, 0.3) is 11.5 Å². The average Bonchev–Trinajstić information content (AvgIpc) is 3.17. The molecule has 4 rings (SSSR count). The topological polar surface area (TPSA) is 68.5 Å². The number of rotatable bonds is 3. The number of nitrogens with zero attached hydrogens (tertiary/aromatic N) is 3. The lowest BCUT2D eigenvalue weighted by molar-refractivity contribution is 0.0695. The van der Waals surface area contributed by atoms with Gasteiger partial charge in [0, 0.05) is 18.7 Å². The SMILES string of the molecule is COc1ccc(-c2nnc(C(=O)N3CCc4ccccc4C3)o2)cc1. The van der Waals surface area contributed by atoms with E-state index in [2.05, 4.69) is 16.3 Å². The third-order valence-corrected chi connectivity index (χ3v) is 4.36. The Morgan fingerprint density at radius 2 is 1.84 bits per heavy atom. The number of ether oxygens (including phenoxy) is 1. The first-order valence-electron chi connectivity index (χ1n) is 8.08. The molecule has 0 bridgehead atoms. The third kappa shape index (κ3) is 2.98. The smallest absolute Gasteiger partial charge is 0.311 e. The van der Waals surface area contributed by atoms with Gasteiger partial charge in [0.25, 0.3) is 0 Å². The molecule has 1 amide bonds. The highest BCUT2D eigenvalue weighted by atomic mass is 16.5. The second-order valence-electron chi connectivity index (χ2n) is 5.89. The van der Waals surface area contributed by atoms with E-state index in [0.717, 1.165) is 23.3 Å². The minimum absolute atomic E-state index is 0.0187. The summed E-state index contributed by atoms with van der Waals surface area (Å²) in [6.07, 6.45) is 0.835. The van der Waals surface area contributed by atoms with E-state index in [1.807, 2.05) is 42.5 Å². The summed E-state index contributed by atoms with van der Waals surface area (Å²) in [5.74, 6) is 0.849. The molecule has 0 N–H and O–H groups in total. The van der Waals surface area contributed by atoms with Crippen molar-refractivity contribution in [3.63, 3.8) is 0 Å². The molecule has 1 aliphatic heterocycles. The Hall–Kier alpha value is -3.15. The summed E-state index contributed by atoms with van der Waals surface area (Å²) in [7, 11) is 1.61. The molecule has 6 nitrogen and oxygen atoms in total. The van der Waals surface area contributed by atoms with Crippen molar-refractivity contribution in [1.82, 2.24) is 15.1 Å². The maximum atomic E-state index is 12.7. The van der Waals surface area contributed by atoms with Crippen LogP contribution in [0.2, 0.25) is 0 Å². The van der Waals surface area contributed by atoms with Crippen molar-refractivity contribution in [3.05, 3.63) is 65.5 Å². The van der Waals surface area contributed by atoms with Crippen LogP contribution < -0.4 is 4.74 Å². The average molecular weight is 335 g/mol. The molecular weight excluding hydrogens is 318 g/mol. The van der Waals surface area contributed by atoms with Gasteiger partial charge in [0.2, 0.25) is 5.89 Å². The Morgan fingerprint density at radius 3 is 2.60 bits per heavy atom. The van der Waals surface area contributed by atoms with Gasteiger partial charge in [-0.25, -0.2) is 0 Å². The summed E-state index contributed by atoms with van der Waals surface area (Å²) in [4.78, 5) is 14.4. The van der Waals surface area contributed by atoms with Crippen molar-refractivity contribution < 1.29 is 13.9 Å². The van der Waals surface area contributed by atoms with E-state index in [1.54, 1.807) is 12.0 Å². The van der Waals surface area contributed by atoms with Crippen LogP contribution in [0.5, 0.6) is 5.75 Å². The van der Waals surface area contributed by atoms with Gasteiger partial charge in [-0.1, -0.05) is 24.3 Å². The van der Waals surface area contributed by atoms with Crippen molar-refractivity contribution in [2.24, 2.45) is 0 Å².